The number of hydrogen-bond donors (Lipinski definition) is 4. The summed E-state index contributed by atoms with van der Waals surface area (Å²) in [5, 5.41) is 23.3. The lowest BCUT2D eigenvalue weighted by atomic mass is 10.1. The lowest BCUT2D eigenvalue weighted by Gasteiger charge is -2.25. The lowest BCUT2D eigenvalue weighted by Crippen LogP contribution is -2.38. The van der Waals surface area contributed by atoms with Crippen molar-refractivity contribution in [1.82, 2.24) is 14.6 Å². The van der Waals surface area contributed by atoms with Crippen molar-refractivity contribution in [1.29, 1.82) is 0 Å². The van der Waals surface area contributed by atoms with E-state index in [2.05, 4.69) is 5.09 Å². The molecule has 3 rings (SSSR count). The lowest BCUT2D eigenvalue weighted by molar-refractivity contribution is -0.149. The topological polar surface area (TPSA) is 178 Å². The molecule has 192 valence electrons. The Morgan fingerprint density at radius 2 is 1.86 bits per heavy atom. The Balaban J connectivity index is 1.75. The van der Waals surface area contributed by atoms with E-state index in [9.17, 15) is 29.2 Å². The minimum atomic E-state index is -4.24. The number of aliphatic hydroxyl groups is 2. The third-order valence-corrected chi connectivity index (χ3v) is 6.54. The molecule has 13 nitrogen and oxygen atoms in total. The Hall–Kier alpha value is -2.80. The van der Waals surface area contributed by atoms with E-state index in [0.717, 1.165) is 16.8 Å². The van der Waals surface area contributed by atoms with Gasteiger partial charge in [-0.05, 0) is 32.9 Å². The molecule has 0 amide bonds. The smallest absolute Gasteiger partial charge is 0.459 e. The summed E-state index contributed by atoms with van der Waals surface area (Å²) in [5.74, 6) is -0.510. The van der Waals surface area contributed by atoms with Crippen LogP contribution in [0.3, 0.4) is 0 Å². The normalized spacial score (nSPS) is 24.6. The second kappa shape index (κ2) is 11.3. The molecule has 0 saturated carbocycles. The Bertz CT molecular complexity index is 1170. The number of nitrogens with zero attached hydrogens (tertiary/aromatic N) is 1. The number of ether oxygens (including phenoxy) is 2. The molecule has 1 fully saturated rings. The summed E-state index contributed by atoms with van der Waals surface area (Å²) in [6, 6.07) is 8.02. The van der Waals surface area contributed by atoms with E-state index in [-0.39, 0.29) is 5.75 Å². The van der Waals surface area contributed by atoms with Crippen molar-refractivity contribution >= 4 is 13.7 Å². The molecule has 1 aliphatic rings. The van der Waals surface area contributed by atoms with E-state index >= 15 is 0 Å². The number of rotatable bonds is 10. The number of H-pyrrole nitrogens is 1. The van der Waals surface area contributed by atoms with Gasteiger partial charge in [0.25, 0.3) is 5.56 Å². The van der Waals surface area contributed by atoms with Gasteiger partial charge in [0.2, 0.25) is 0 Å². The largest absolute Gasteiger partial charge is 0.462 e. The second-order valence-corrected chi connectivity index (χ2v) is 9.79. The van der Waals surface area contributed by atoms with Crippen molar-refractivity contribution in [2.24, 2.45) is 0 Å². The van der Waals surface area contributed by atoms with Gasteiger partial charge >= 0.3 is 19.4 Å². The van der Waals surface area contributed by atoms with E-state index in [4.69, 9.17) is 18.5 Å². The number of para-hydroxylation sites is 1. The molecule has 0 aliphatic carbocycles. The molecule has 1 unspecified atom stereocenters. The number of carbonyl (C=O) groups is 1. The Labute approximate surface area is 200 Å². The van der Waals surface area contributed by atoms with Crippen LogP contribution < -0.4 is 20.9 Å². The number of carbonyl (C=O) groups excluding carboxylic acids is 1. The highest BCUT2D eigenvalue weighted by Gasteiger charge is 2.45. The summed E-state index contributed by atoms with van der Waals surface area (Å²) >= 11 is 0. The standard InChI is InChI=1S/C21H28N3O10P/c1-12(2)32-20(28)13(3)23-35(30,34-14-7-5-4-6-8-14)31-11-15-17(26)18(27)19(33-15)24-10-9-16(25)22-21(24)29/h4-10,12-13,15,17-19,26-27H,11H2,1-3H3,(H,23,30)(H,22,25,29)/t13-,15-,17-,18+,19-,35?/m1/s1. The van der Waals surface area contributed by atoms with Crippen LogP contribution in [0, 0.1) is 0 Å². The van der Waals surface area contributed by atoms with Gasteiger partial charge in [-0.1, -0.05) is 18.2 Å². The first-order valence-corrected chi connectivity index (χ1v) is 12.3. The molecule has 1 aromatic carbocycles. The zero-order valence-corrected chi connectivity index (χ0v) is 20.2. The first-order valence-electron chi connectivity index (χ1n) is 10.8. The van der Waals surface area contributed by atoms with Crippen molar-refractivity contribution in [2.75, 3.05) is 6.61 Å². The molecule has 4 N–H and O–H groups in total. The molecule has 1 saturated heterocycles. The third kappa shape index (κ3) is 6.88. The third-order valence-electron chi connectivity index (χ3n) is 4.90. The van der Waals surface area contributed by atoms with Gasteiger partial charge in [-0.25, -0.2) is 9.36 Å². The number of aliphatic hydroxyl groups excluding tert-OH is 2. The molecular weight excluding hydrogens is 485 g/mol. The second-order valence-electron chi connectivity index (χ2n) is 8.10. The van der Waals surface area contributed by atoms with Crippen LogP contribution in [0.25, 0.3) is 0 Å². The Kier molecular flexibility index (Phi) is 8.65. The molecular formula is C21H28N3O10P. The van der Waals surface area contributed by atoms with E-state index in [1.807, 2.05) is 4.98 Å². The van der Waals surface area contributed by atoms with E-state index in [1.165, 1.54) is 19.1 Å². The van der Waals surface area contributed by atoms with Crippen LogP contribution in [0.5, 0.6) is 5.75 Å². The van der Waals surface area contributed by atoms with Gasteiger partial charge in [-0.15, -0.1) is 0 Å². The number of aromatic nitrogens is 2. The van der Waals surface area contributed by atoms with Gasteiger partial charge in [0.15, 0.2) is 6.23 Å². The minimum absolute atomic E-state index is 0.179. The number of nitrogens with one attached hydrogen (secondary N) is 2. The summed E-state index contributed by atoms with van der Waals surface area (Å²) in [6.07, 6.45) is -4.97. The van der Waals surface area contributed by atoms with E-state index < -0.39 is 68.3 Å². The van der Waals surface area contributed by atoms with Gasteiger partial charge in [-0.3, -0.25) is 23.7 Å². The molecule has 1 aromatic heterocycles. The first-order chi connectivity index (χ1) is 16.5. The van der Waals surface area contributed by atoms with Gasteiger partial charge in [0.05, 0.1) is 12.7 Å². The molecule has 0 bridgehead atoms. The van der Waals surface area contributed by atoms with Crippen molar-refractivity contribution in [3.8, 4) is 5.75 Å². The molecule has 2 heterocycles. The molecule has 35 heavy (non-hydrogen) atoms. The summed E-state index contributed by atoms with van der Waals surface area (Å²) in [6.45, 7) is 4.19. The fourth-order valence-electron chi connectivity index (χ4n) is 3.23. The summed E-state index contributed by atoms with van der Waals surface area (Å²) < 4.78 is 36.1. The van der Waals surface area contributed by atoms with E-state index in [1.54, 1.807) is 32.0 Å². The van der Waals surface area contributed by atoms with Crippen molar-refractivity contribution in [3.05, 3.63) is 63.4 Å². The highest BCUT2D eigenvalue weighted by molar-refractivity contribution is 7.52. The predicted octanol–water partition coefficient (Wildman–Crippen LogP) is 0.289. The molecule has 2 aromatic rings. The van der Waals surface area contributed by atoms with Crippen molar-refractivity contribution in [3.63, 3.8) is 0 Å². The highest BCUT2D eigenvalue weighted by atomic mass is 31.2. The molecule has 6 atom stereocenters. The summed E-state index contributed by atoms with van der Waals surface area (Å²) in [7, 11) is -4.24. The maximum absolute atomic E-state index is 13.5. The van der Waals surface area contributed by atoms with Crippen LogP contribution in [0.15, 0.2) is 52.2 Å². The number of benzene rings is 1. The zero-order valence-electron chi connectivity index (χ0n) is 19.3. The van der Waals surface area contributed by atoms with Gasteiger partial charge in [0, 0.05) is 12.3 Å². The molecule has 14 heteroatoms. The molecule has 0 radical (unpaired) electrons. The Morgan fingerprint density at radius 3 is 2.49 bits per heavy atom. The fraction of sp³-hybridized carbons (Fsp3) is 0.476. The molecule has 1 aliphatic heterocycles. The zero-order chi connectivity index (χ0) is 25.8. The SMILES string of the molecule is CC(C)OC(=O)[C@@H](C)NP(=O)(OC[C@H]1O[C@@H](n2ccc(=O)[nH]c2=O)[C@@H](O)[C@@H]1O)Oc1ccccc1. The predicted molar refractivity (Wildman–Crippen MR) is 122 cm³/mol. The summed E-state index contributed by atoms with van der Waals surface area (Å²) in [5.41, 5.74) is -1.50. The minimum Gasteiger partial charge on any atom is -0.462 e. The number of esters is 1. The average molecular weight is 513 g/mol. The maximum atomic E-state index is 13.5. The van der Waals surface area contributed by atoms with Crippen LogP contribution in [-0.4, -0.2) is 62.8 Å². The van der Waals surface area contributed by atoms with E-state index in [0.29, 0.717) is 0 Å². The van der Waals surface area contributed by atoms with Crippen LogP contribution in [0.2, 0.25) is 0 Å². The van der Waals surface area contributed by atoms with Crippen LogP contribution in [-0.2, 0) is 23.4 Å². The molecule has 0 spiro atoms. The van der Waals surface area contributed by atoms with Crippen LogP contribution in [0.1, 0.15) is 27.0 Å². The number of aromatic amines is 1. The highest BCUT2D eigenvalue weighted by Crippen LogP contribution is 2.46. The van der Waals surface area contributed by atoms with Crippen LogP contribution in [0.4, 0.5) is 0 Å². The van der Waals surface area contributed by atoms with Crippen molar-refractivity contribution < 1.29 is 38.1 Å². The van der Waals surface area contributed by atoms with Crippen molar-refractivity contribution in [2.45, 2.75) is 57.5 Å². The number of hydrogen-bond acceptors (Lipinski definition) is 10. The van der Waals surface area contributed by atoms with Gasteiger partial charge in [-0.2, -0.15) is 5.09 Å². The summed E-state index contributed by atoms with van der Waals surface area (Å²) in [4.78, 5) is 37.6. The average Bonchev–Trinajstić information content (AvgIpc) is 3.06. The first kappa shape index (κ1) is 26.8. The van der Waals surface area contributed by atoms with Gasteiger partial charge < -0.3 is 24.2 Å². The monoisotopic (exact) mass is 513 g/mol. The Morgan fingerprint density at radius 1 is 1.17 bits per heavy atom. The quantitative estimate of drug-likeness (QED) is 0.253. The van der Waals surface area contributed by atoms with Gasteiger partial charge in [0.1, 0.15) is 30.1 Å². The fourth-order valence-corrected chi connectivity index (χ4v) is 4.73. The van der Waals surface area contributed by atoms with Crippen LogP contribution >= 0.6 is 7.75 Å². The maximum Gasteiger partial charge on any atom is 0.459 e.